The summed E-state index contributed by atoms with van der Waals surface area (Å²) < 4.78 is 5.76. The Morgan fingerprint density at radius 2 is 2.15 bits per heavy atom. The van der Waals surface area contributed by atoms with Crippen LogP contribution in [-0.2, 0) is 6.42 Å². The van der Waals surface area contributed by atoms with Gasteiger partial charge in [0.25, 0.3) is 5.56 Å². The molecule has 1 saturated carbocycles. The first kappa shape index (κ1) is 12.8. The van der Waals surface area contributed by atoms with E-state index in [2.05, 4.69) is 15.0 Å². The van der Waals surface area contributed by atoms with Crippen LogP contribution in [0.3, 0.4) is 0 Å². The van der Waals surface area contributed by atoms with E-state index in [9.17, 15) is 4.79 Å². The lowest BCUT2D eigenvalue weighted by atomic mass is 10.2. The predicted octanol–water partition coefficient (Wildman–Crippen LogP) is 2.71. The molecule has 0 aromatic carbocycles. The molecular formula is C15H17N3O2. The first-order valence-corrected chi connectivity index (χ1v) is 6.91. The Kier molecular flexibility index (Phi) is 3.26. The third-order valence-corrected chi connectivity index (χ3v) is 3.32. The number of aromatic nitrogens is 3. The first-order valence-electron chi connectivity index (χ1n) is 6.91. The van der Waals surface area contributed by atoms with Gasteiger partial charge in [0.2, 0.25) is 5.88 Å². The Balaban J connectivity index is 1.92. The number of nitrogens with one attached hydrogen (secondary N) is 1. The van der Waals surface area contributed by atoms with Crippen LogP contribution < -0.4 is 10.3 Å². The highest BCUT2D eigenvalue weighted by Gasteiger charge is 2.26. The molecule has 0 bridgehead atoms. The van der Waals surface area contributed by atoms with Gasteiger partial charge in [-0.1, -0.05) is 6.92 Å². The number of rotatable bonds is 4. The van der Waals surface area contributed by atoms with Crippen LogP contribution in [0.15, 0.2) is 23.0 Å². The molecular weight excluding hydrogens is 254 g/mol. The lowest BCUT2D eigenvalue weighted by Gasteiger charge is -2.09. The van der Waals surface area contributed by atoms with E-state index in [-0.39, 0.29) is 5.56 Å². The molecule has 0 spiro atoms. The highest BCUT2D eigenvalue weighted by atomic mass is 16.5. The van der Waals surface area contributed by atoms with Crippen LogP contribution in [0, 0.1) is 6.92 Å². The molecule has 0 unspecified atom stereocenters. The number of aryl methyl sites for hydroxylation is 2. The average molecular weight is 271 g/mol. The Labute approximate surface area is 117 Å². The van der Waals surface area contributed by atoms with Gasteiger partial charge in [0.05, 0.1) is 11.8 Å². The number of hydrogen-bond donors (Lipinski definition) is 1. The third kappa shape index (κ3) is 2.71. The van der Waals surface area contributed by atoms with E-state index in [1.165, 1.54) is 6.07 Å². The molecule has 0 aliphatic heterocycles. The van der Waals surface area contributed by atoms with Gasteiger partial charge in [-0.15, -0.1) is 0 Å². The number of hydrogen-bond acceptors (Lipinski definition) is 4. The lowest BCUT2D eigenvalue weighted by molar-refractivity contribution is 0.449. The highest BCUT2D eigenvalue weighted by molar-refractivity contribution is 5.32. The molecule has 5 nitrogen and oxygen atoms in total. The molecule has 0 radical (unpaired) electrons. The van der Waals surface area contributed by atoms with E-state index < -0.39 is 0 Å². The quantitative estimate of drug-likeness (QED) is 0.928. The molecule has 2 heterocycles. The number of ether oxygens (including phenoxy) is 1. The van der Waals surface area contributed by atoms with Crippen LogP contribution in [0.25, 0.3) is 0 Å². The molecule has 104 valence electrons. The van der Waals surface area contributed by atoms with Crippen LogP contribution in [0.4, 0.5) is 0 Å². The Morgan fingerprint density at radius 1 is 1.35 bits per heavy atom. The van der Waals surface area contributed by atoms with Crippen molar-refractivity contribution in [2.45, 2.75) is 39.0 Å². The zero-order valence-electron chi connectivity index (χ0n) is 11.6. The maximum absolute atomic E-state index is 11.7. The van der Waals surface area contributed by atoms with E-state index in [1.807, 2.05) is 26.0 Å². The van der Waals surface area contributed by atoms with Gasteiger partial charge in [0.1, 0.15) is 5.82 Å². The Bertz CT molecular complexity index is 690. The maximum Gasteiger partial charge on any atom is 0.254 e. The zero-order chi connectivity index (χ0) is 14.1. The van der Waals surface area contributed by atoms with E-state index >= 15 is 0 Å². The molecule has 0 atom stereocenters. The second-order valence-corrected chi connectivity index (χ2v) is 5.10. The summed E-state index contributed by atoms with van der Waals surface area (Å²) in [5, 5.41) is 0. The molecule has 1 N–H and O–H groups in total. The fourth-order valence-corrected chi connectivity index (χ4v) is 2.11. The van der Waals surface area contributed by atoms with Crippen LogP contribution in [0.5, 0.6) is 11.6 Å². The molecule has 3 rings (SSSR count). The molecule has 0 saturated heterocycles. The largest absolute Gasteiger partial charge is 0.437 e. The lowest BCUT2D eigenvalue weighted by Crippen LogP contribution is -2.10. The fourth-order valence-electron chi connectivity index (χ4n) is 2.11. The van der Waals surface area contributed by atoms with Crippen LogP contribution in [-0.4, -0.2) is 15.0 Å². The van der Waals surface area contributed by atoms with E-state index in [4.69, 9.17) is 4.74 Å². The maximum atomic E-state index is 11.7. The van der Waals surface area contributed by atoms with Gasteiger partial charge in [-0.3, -0.25) is 9.78 Å². The summed E-state index contributed by atoms with van der Waals surface area (Å²) in [6, 6.07) is 5.15. The molecule has 1 aliphatic rings. The number of H-pyrrole nitrogens is 1. The van der Waals surface area contributed by atoms with Gasteiger partial charge in [-0.2, -0.15) is 4.98 Å². The minimum Gasteiger partial charge on any atom is -0.437 e. The topological polar surface area (TPSA) is 67.9 Å². The molecule has 5 heteroatoms. The van der Waals surface area contributed by atoms with E-state index in [1.54, 1.807) is 0 Å². The van der Waals surface area contributed by atoms with Gasteiger partial charge in [-0.25, -0.2) is 0 Å². The summed E-state index contributed by atoms with van der Waals surface area (Å²) in [6.45, 7) is 3.97. The van der Waals surface area contributed by atoms with Crippen molar-refractivity contribution in [3.63, 3.8) is 0 Å². The smallest absolute Gasteiger partial charge is 0.254 e. The summed E-state index contributed by atoms with van der Waals surface area (Å²) in [5.74, 6) is 2.12. The summed E-state index contributed by atoms with van der Waals surface area (Å²) >= 11 is 0. The first-order chi connectivity index (χ1) is 9.65. The van der Waals surface area contributed by atoms with E-state index in [0.29, 0.717) is 17.5 Å². The molecule has 2 aromatic rings. The predicted molar refractivity (Wildman–Crippen MR) is 75.3 cm³/mol. The van der Waals surface area contributed by atoms with Crippen molar-refractivity contribution < 1.29 is 4.74 Å². The van der Waals surface area contributed by atoms with Crippen molar-refractivity contribution in [3.8, 4) is 11.6 Å². The standard InChI is InChI=1S/C15H17N3O2/c1-3-11-12(7-4-9(2)16-11)20-14-8-13(19)17-15(18-14)10-5-6-10/h4,7-8,10H,3,5-6H2,1-2H3,(H,17,18,19). The van der Waals surface area contributed by atoms with Gasteiger partial charge in [0, 0.05) is 11.6 Å². The number of aromatic amines is 1. The van der Waals surface area contributed by atoms with Crippen LogP contribution in [0.2, 0.25) is 0 Å². The fraction of sp³-hybridized carbons (Fsp3) is 0.400. The Morgan fingerprint density at radius 3 is 2.85 bits per heavy atom. The van der Waals surface area contributed by atoms with Crippen molar-refractivity contribution in [1.29, 1.82) is 0 Å². The third-order valence-electron chi connectivity index (χ3n) is 3.32. The van der Waals surface area contributed by atoms with Crippen molar-refractivity contribution in [2.24, 2.45) is 0 Å². The second kappa shape index (κ2) is 5.07. The summed E-state index contributed by atoms with van der Waals surface area (Å²) in [6.07, 6.45) is 2.94. The summed E-state index contributed by atoms with van der Waals surface area (Å²) in [7, 11) is 0. The van der Waals surface area contributed by atoms with Gasteiger partial charge in [-0.05, 0) is 38.3 Å². The van der Waals surface area contributed by atoms with Gasteiger partial charge < -0.3 is 9.72 Å². The molecule has 0 amide bonds. The minimum absolute atomic E-state index is 0.171. The van der Waals surface area contributed by atoms with Gasteiger partial charge >= 0.3 is 0 Å². The minimum atomic E-state index is -0.171. The van der Waals surface area contributed by atoms with E-state index in [0.717, 1.165) is 36.5 Å². The number of nitrogens with zero attached hydrogens (tertiary/aromatic N) is 2. The van der Waals surface area contributed by atoms with Crippen molar-refractivity contribution in [1.82, 2.24) is 15.0 Å². The molecule has 1 fully saturated rings. The van der Waals surface area contributed by atoms with Crippen molar-refractivity contribution >= 4 is 0 Å². The SMILES string of the molecule is CCc1nc(C)ccc1Oc1cc(=O)[nH]c(C2CC2)n1. The second-order valence-electron chi connectivity index (χ2n) is 5.10. The molecule has 1 aliphatic carbocycles. The van der Waals surface area contributed by atoms with Crippen molar-refractivity contribution in [3.05, 3.63) is 45.8 Å². The number of pyridine rings is 1. The summed E-state index contributed by atoms with van der Waals surface area (Å²) in [4.78, 5) is 23.2. The Hall–Kier alpha value is -2.17. The molecule has 20 heavy (non-hydrogen) atoms. The van der Waals surface area contributed by atoms with Crippen molar-refractivity contribution in [2.75, 3.05) is 0 Å². The van der Waals surface area contributed by atoms with Gasteiger partial charge in [0.15, 0.2) is 5.75 Å². The highest BCUT2D eigenvalue weighted by Crippen LogP contribution is 2.38. The normalized spacial score (nSPS) is 14.3. The summed E-state index contributed by atoms with van der Waals surface area (Å²) in [5.41, 5.74) is 1.65. The average Bonchev–Trinajstić information content (AvgIpc) is 3.24. The monoisotopic (exact) mass is 271 g/mol. The van der Waals surface area contributed by atoms with Crippen LogP contribution >= 0.6 is 0 Å². The zero-order valence-corrected chi connectivity index (χ0v) is 11.6. The molecule has 2 aromatic heterocycles. The van der Waals surface area contributed by atoms with Crippen LogP contribution in [0.1, 0.15) is 42.9 Å².